The molecule has 1 amide bonds. The van der Waals surface area contributed by atoms with Crippen molar-refractivity contribution in [2.75, 3.05) is 33.3 Å². The summed E-state index contributed by atoms with van der Waals surface area (Å²) < 4.78 is 4.91. The summed E-state index contributed by atoms with van der Waals surface area (Å²) >= 11 is 0. The van der Waals surface area contributed by atoms with Crippen LogP contribution in [0, 0.1) is 5.92 Å². The lowest BCUT2D eigenvalue weighted by Gasteiger charge is -2.20. The summed E-state index contributed by atoms with van der Waals surface area (Å²) in [7, 11) is 1.76. The Hall–Kier alpha value is -1.79. The van der Waals surface area contributed by atoms with Crippen LogP contribution in [0.4, 0.5) is 0 Å². The van der Waals surface area contributed by atoms with E-state index in [0.29, 0.717) is 13.0 Å². The third-order valence-corrected chi connectivity index (χ3v) is 4.46. The van der Waals surface area contributed by atoms with Gasteiger partial charge in [0.25, 0.3) is 0 Å². The molecule has 1 atom stereocenters. The minimum absolute atomic E-state index is 0.0509. The van der Waals surface area contributed by atoms with Gasteiger partial charge in [0.1, 0.15) is 0 Å². The standard InChI is InChI=1S/C19H36N4O3/c1-5-26-17(24)10-8-6-7-9-12-21-19(20-4)22-16-11-13-23(14-16)18(25)15(2)3/h15-16H,5-14H2,1-4H3,(H2,20,21,22). The van der Waals surface area contributed by atoms with Crippen molar-refractivity contribution in [2.24, 2.45) is 10.9 Å². The molecular weight excluding hydrogens is 332 g/mol. The number of aliphatic imine (C=N–C) groups is 1. The molecule has 150 valence electrons. The predicted octanol–water partition coefficient (Wildman–Crippen LogP) is 1.92. The third-order valence-electron chi connectivity index (χ3n) is 4.46. The zero-order valence-electron chi connectivity index (χ0n) is 16.8. The minimum Gasteiger partial charge on any atom is -0.466 e. The van der Waals surface area contributed by atoms with Crippen LogP contribution in [0.2, 0.25) is 0 Å². The maximum Gasteiger partial charge on any atom is 0.305 e. The number of amides is 1. The molecule has 2 N–H and O–H groups in total. The van der Waals surface area contributed by atoms with E-state index in [1.54, 1.807) is 7.05 Å². The van der Waals surface area contributed by atoms with Gasteiger partial charge in [0.05, 0.1) is 6.61 Å². The van der Waals surface area contributed by atoms with E-state index < -0.39 is 0 Å². The Morgan fingerprint density at radius 3 is 2.62 bits per heavy atom. The quantitative estimate of drug-likeness (QED) is 0.266. The number of guanidine groups is 1. The monoisotopic (exact) mass is 368 g/mol. The highest BCUT2D eigenvalue weighted by molar-refractivity contribution is 5.81. The molecule has 1 rings (SSSR count). The molecular formula is C19H36N4O3. The van der Waals surface area contributed by atoms with Crippen molar-refractivity contribution in [1.29, 1.82) is 0 Å². The molecule has 0 bridgehead atoms. The molecule has 0 saturated carbocycles. The average molecular weight is 369 g/mol. The second kappa shape index (κ2) is 12.5. The zero-order valence-corrected chi connectivity index (χ0v) is 16.8. The zero-order chi connectivity index (χ0) is 19.4. The van der Waals surface area contributed by atoms with Gasteiger partial charge in [-0.25, -0.2) is 0 Å². The van der Waals surface area contributed by atoms with E-state index in [4.69, 9.17) is 4.74 Å². The topological polar surface area (TPSA) is 83.0 Å². The van der Waals surface area contributed by atoms with Crippen LogP contribution < -0.4 is 10.6 Å². The number of hydrogen-bond donors (Lipinski definition) is 2. The highest BCUT2D eigenvalue weighted by Crippen LogP contribution is 2.12. The molecule has 7 nitrogen and oxygen atoms in total. The summed E-state index contributed by atoms with van der Waals surface area (Å²) in [6.45, 7) is 8.57. The van der Waals surface area contributed by atoms with Gasteiger partial charge in [0.2, 0.25) is 5.91 Å². The van der Waals surface area contributed by atoms with E-state index in [1.807, 2.05) is 25.7 Å². The fraction of sp³-hybridized carbons (Fsp3) is 0.842. The first kappa shape index (κ1) is 22.3. The molecule has 7 heteroatoms. The summed E-state index contributed by atoms with van der Waals surface area (Å²) in [6.07, 6.45) is 5.48. The molecule has 26 heavy (non-hydrogen) atoms. The minimum atomic E-state index is -0.100. The second-order valence-corrected chi connectivity index (χ2v) is 7.04. The van der Waals surface area contributed by atoms with E-state index in [0.717, 1.165) is 57.7 Å². The van der Waals surface area contributed by atoms with Crippen LogP contribution in [-0.2, 0) is 14.3 Å². The first-order valence-electron chi connectivity index (χ1n) is 9.89. The van der Waals surface area contributed by atoms with Crippen molar-refractivity contribution in [2.45, 2.75) is 65.3 Å². The van der Waals surface area contributed by atoms with Crippen molar-refractivity contribution >= 4 is 17.8 Å². The summed E-state index contributed by atoms with van der Waals surface area (Å²) in [6, 6.07) is 0.258. The molecule has 1 fully saturated rings. The Balaban J connectivity index is 2.13. The van der Waals surface area contributed by atoms with Gasteiger partial charge in [0.15, 0.2) is 5.96 Å². The smallest absolute Gasteiger partial charge is 0.305 e. The molecule has 1 aliphatic rings. The Labute approximate surface area is 157 Å². The lowest BCUT2D eigenvalue weighted by Crippen LogP contribution is -2.45. The summed E-state index contributed by atoms with van der Waals surface area (Å²) in [5.74, 6) is 0.965. The molecule has 0 aromatic rings. The normalized spacial score (nSPS) is 17.5. The number of unbranched alkanes of at least 4 members (excludes halogenated alkanes) is 3. The van der Waals surface area contributed by atoms with E-state index in [-0.39, 0.29) is 23.8 Å². The summed E-state index contributed by atoms with van der Waals surface area (Å²) in [4.78, 5) is 29.5. The van der Waals surface area contributed by atoms with E-state index in [9.17, 15) is 9.59 Å². The van der Waals surface area contributed by atoms with Crippen LogP contribution in [0.1, 0.15) is 59.3 Å². The van der Waals surface area contributed by atoms with Crippen molar-refractivity contribution < 1.29 is 14.3 Å². The van der Waals surface area contributed by atoms with Gasteiger partial charge in [0, 0.05) is 45.1 Å². The van der Waals surface area contributed by atoms with Gasteiger partial charge in [-0.05, 0) is 26.2 Å². The first-order valence-corrected chi connectivity index (χ1v) is 9.89. The van der Waals surface area contributed by atoms with Crippen molar-refractivity contribution in [3.05, 3.63) is 0 Å². The van der Waals surface area contributed by atoms with Crippen LogP contribution in [0.3, 0.4) is 0 Å². The first-order chi connectivity index (χ1) is 12.5. The Morgan fingerprint density at radius 1 is 1.23 bits per heavy atom. The van der Waals surface area contributed by atoms with E-state index >= 15 is 0 Å². The molecule has 0 aromatic heterocycles. The number of carbonyl (C=O) groups excluding carboxylic acids is 2. The predicted molar refractivity (Wildman–Crippen MR) is 104 cm³/mol. The lowest BCUT2D eigenvalue weighted by molar-refractivity contribution is -0.143. The van der Waals surface area contributed by atoms with Gasteiger partial charge < -0.3 is 20.3 Å². The number of ether oxygens (including phenoxy) is 1. The maximum atomic E-state index is 12.0. The van der Waals surface area contributed by atoms with Crippen LogP contribution in [0.5, 0.6) is 0 Å². The number of nitrogens with one attached hydrogen (secondary N) is 2. The summed E-state index contributed by atoms with van der Waals surface area (Å²) in [5.41, 5.74) is 0. The molecule has 1 saturated heterocycles. The summed E-state index contributed by atoms with van der Waals surface area (Å²) in [5, 5.41) is 6.73. The van der Waals surface area contributed by atoms with E-state index in [1.165, 1.54) is 0 Å². The highest BCUT2D eigenvalue weighted by Gasteiger charge is 2.27. The number of hydrogen-bond acceptors (Lipinski definition) is 4. The largest absolute Gasteiger partial charge is 0.466 e. The van der Waals surface area contributed by atoms with Gasteiger partial charge in [-0.1, -0.05) is 26.7 Å². The van der Waals surface area contributed by atoms with Crippen molar-refractivity contribution in [1.82, 2.24) is 15.5 Å². The van der Waals surface area contributed by atoms with Gasteiger partial charge in [-0.15, -0.1) is 0 Å². The van der Waals surface area contributed by atoms with Crippen LogP contribution in [0.15, 0.2) is 4.99 Å². The molecule has 1 heterocycles. The fourth-order valence-corrected chi connectivity index (χ4v) is 3.02. The van der Waals surface area contributed by atoms with E-state index in [2.05, 4.69) is 15.6 Å². The second-order valence-electron chi connectivity index (χ2n) is 7.04. The van der Waals surface area contributed by atoms with Gasteiger partial charge >= 0.3 is 5.97 Å². The maximum absolute atomic E-state index is 12.0. The molecule has 0 spiro atoms. The SMILES string of the molecule is CCOC(=O)CCCCCCNC(=NC)NC1CCN(C(=O)C(C)C)C1. The average Bonchev–Trinajstić information content (AvgIpc) is 3.07. The number of rotatable bonds is 10. The molecule has 0 aromatic carbocycles. The number of carbonyl (C=O) groups is 2. The van der Waals surface area contributed by atoms with Gasteiger partial charge in [-0.2, -0.15) is 0 Å². The van der Waals surface area contributed by atoms with Crippen LogP contribution >= 0.6 is 0 Å². The number of esters is 1. The fourth-order valence-electron chi connectivity index (χ4n) is 3.02. The van der Waals surface area contributed by atoms with Crippen molar-refractivity contribution in [3.63, 3.8) is 0 Å². The number of likely N-dealkylation sites (tertiary alicyclic amines) is 1. The lowest BCUT2D eigenvalue weighted by atomic mass is 10.1. The molecule has 1 aliphatic heterocycles. The Bertz CT molecular complexity index is 466. The van der Waals surface area contributed by atoms with Gasteiger partial charge in [-0.3, -0.25) is 14.6 Å². The highest BCUT2D eigenvalue weighted by atomic mass is 16.5. The number of nitrogens with zero attached hydrogens (tertiary/aromatic N) is 2. The van der Waals surface area contributed by atoms with Crippen LogP contribution in [0.25, 0.3) is 0 Å². The van der Waals surface area contributed by atoms with Crippen molar-refractivity contribution in [3.8, 4) is 0 Å². The molecule has 1 unspecified atom stereocenters. The molecule has 0 radical (unpaired) electrons. The third kappa shape index (κ3) is 8.54. The Kier molecular flexibility index (Phi) is 10.7. The molecule has 0 aliphatic carbocycles. The Morgan fingerprint density at radius 2 is 1.96 bits per heavy atom. The van der Waals surface area contributed by atoms with Crippen LogP contribution in [-0.4, -0.2) is 62.1 Å².